The minimum absolute atomic E-state index is 0. The van der Waals surface area contributed by atoms with Gasteiger partial charge in [-0.1, -0.05) is 51.1 Å². The van der Waals surface area contributed by atoms with Gasteiger partial charge in [-0.15, -0.1) is 0 Å². The maximum absolute atomic E-state index is 12.6. The van der Waals surface area contributed by atoms with Gasteiger partial charge < -0.3 is 22.8 Å². The van der Waals surface area contributed by atoms with E-state index >= 15 is 0 Å². The molecule has 2 aliphatic carbocycles. The number of aliphatic hydroxyl groups is 1. The van der Waals surface area contributed by atoms with Gasteiger partial charge in [0.05, 0.1) is 12.5 Å². The summed E-state index contributed by atoms with van der Waals surface area (Å²) in [5.74, 6) is 2.00. The van der Waals surface area contributed by atoms with E-state index in [1.54, 1.807) is 0 Å². The summed E-state index contributed by atoms with van der Waals surface area (Å²) in [5, 5.41) is 12.7. The van der Waals surface area contributed by atoms with Crippen molar-refractivity contribution in [2.24, 2.45) is 29.1 Å². The Morgan fingerprint density at radius 1 is 1.25 bits per heavy atom. The normalized spacial score (nSPS) is 33.8. The SMILES string of the molecule is CC([NH2+]CC1C(=O)C(C)C2CC12C(C)C)C(O)c1ccccc1.[Cl-]. The first-order valence-corrected chi connectivity index (χ1v) is 8.99. The van der Waals surface area contributed by atoms with E-state index in [2.05, 4.69) is 26.1 Å². The molecule has 24 heavy (non-hydrogen) atoms. The third kappa shape index (κ3) is 3.02. The molecule has 3 nitrogen and oxygen atoms in total. The zero-order valence-electron chi connectivity index (χ0n) is 15.1. The Hall–Kier alpha value is -0.900. The van der Waals surface area contributed by atoms with E-state index in [0.29, 0.717) is 17.6 Å². The number of quaternary nitrogens is 1. The first-order valence-electron chi connectivity index (χ1n) is 8.99. The zero-order chi connectivity index (χ0) is 16.8. The smallest absolute Gasteiger partial charge is 0.145 e. The Morgan fingerprint density at radius 2 is 1.88 bits per heavy atom. The van der Waals surface area contributed by atoms with Crippen LogP contribution in [0.2, 0.25) is 0 Å². The molecule has 1 aromatic rings. The Balaban J connectivity index is 0.00000208. The lowest BCUT2D eigenvalue weighted by atomic mass is 9.80. The summed E-state index contributed by atoms with van der Waals surface area (Å²) >= 11 is 0. The van der Waals surface area contributed by atoms with Crippen LogP contribution < -0.4 is 17.7 Å². The molecule has 6 unspecified atom stereocenters. The van der Waals surface area contributed by atoms with Gasteiger partial charge in [0.25, 0.3) is 0 Å². The predicted octanol–water partition coefficient (Wildman–Crippen LogP) is -0.827. The minimum atomic E-state index is -0.491. The maximum atomic E-state index is 12.6. The van der Waals surface area contributed by atoms with Gasteiger partial charge in [-0.2, -0.15) is 0 Å². The number of benzene rings is 1. The summed E-state index contributed by atoms with van der Waals surface area (Å²) in [6, 6.07) is 9.85. The fourth-order valence-electron chi connectivity index (χ4n) is 4.98. The molecule has 2 saturated carbocycles. The van der Waals surface area contributed by atoms with E-state index in [1.807, 2.05) is 37.3 Å². The topological polar surface area (TPSA) is 53.9 Å². The Kier molecular flexibility index (Phi) is 5.79. The van der Waals surface area contributed by atoms with E-state index in [4.69, 9.17) is 0 Å². The summed E-state index contributed by atoms with van der Waals surface area (Å²) in [5.41, 5.74) is 1.19. The second kappa shape index (κ2) is 7.15. The fraction of sp³-hybridized carbons (Fsp3) is 0.650. The lowest BCUT2D eigenvalue weighted by Gasteiger charge is -2.27. The largest absolute Gasteiger partial charge is 1.00 e. The number of halogens is 1. The van der Waals surface area contributed by atoms with Crippen LogP contribution in [-0.2, 0) is 4.79 Å². The number of fused-ring (bicyclic) bond motifs is 1. The predicted molar refractivity (Wildman–Crippen MR) is 90.7 cm³/mol. The van der Waals surface area contributed by atoms with Crippen LogP contribution >= 0.6 is 0 Å². The molecule has 6 atom stereocenters. The van der Waals surface area contributed by atoms with Crippen LogP contribution in [0.1, 0.15) is 45.8 Å². The summed E-state index contributed by atoms with van der Waals surface area (Å²) in [6.45, 7) is 9.50. The van der Waals surface area contributed by atoms with Crippen LogP contribution in [0.25, 0.3) is 0 Å². The maximum Gasteiger partial charge on any atom is 0.145 e. The van der Waals surface area contributed by atoms with Gasteiger partial charge in [0.1, 0.15) is 17.9 Å². The lowest BCUT2D eigenvalue weighted by Crippen LogP contribution is -3.00. The van der Waals surface area contributed by atoms with Gasteiger partial charge in [0.2, 0.25) is 0 Å². The van der Waals surface area contributed by atoms with Crippen LogP contribution in [0, 0.1) is 29.1 Å². The third-order valence-corrected chi connectivity index (χ3v) is 6.61. The molecule has 4 heteroatoms. The van der Waals surface area contributed by atoms with Crippen molar-refractivity contribution in [2.45, 2.75) is 46.3 Å². The van der Waals surface area contributed by atoms with E-state index in [0.717, 1.165) is 12.1 Å². The van der Waals surface area contributed by atoms with E-state index in [1.165, 1.54) is 6.42 Å². The highest BCUT2D eigenvalue weighted by molar-refractivity contribution is 5.88. The van der Waals surface area contributed by atoms with Gasteiger partial charge in [-0.3, -0.25) is 4.79 Å². The Labute approximate surface area is 151 Å². The first-order chi connectivity index (χ1) is 10.9. The summed E-state index contributed by atoms with van der Waals surface area (Å²) in [4.78, 5) is 12.6. The molecule has 0 spiro atoms. The Bertz CT molecular complexity index is 576. The van der Waals surface area contributed by atoms with E-state index in [9.17, 15) is 9.90 Å². The number of hydrogen-bond acceptors (Lipinski definition) is 2. The van der Waals surface area contributed by atoms with Crippen molar-refractivity contribution in [1.82, 2.24) is 0 Å². The highest BCUT2D eigenvalue weighted by Crippen LogP contribution is 2.70. The third-order valence-electron chi connectivity index (χ3n) is 6.61. The number of nitrogens with two attached hydrogens (primary N) is 1. The molecule has 0 radical (unpaired) electrons. The molecule has 3 N–H and O–H groups in total. The van der Waals surface area contributed by atoms with Crippen molar-refractivity contribution in [1.29, 1.82) is 0 Å². The van der Waals surface area contributed by atoms with Gasteiger partial charge in [-0.05, 0) is 36.2 Å². The number of hydrogen-bond donors (Lipinski definition) is 2. The molecule has 1 aromatic carbocycles. The Morgan fingerprint density at radius 3 is 2.46 bits per heavy atom. The monoisotopic (exact) mass is 351 g/mol. The van der Waals surface area contributed by atoms with Crippen LogP contribution in [0.15, 0.2) is 30.3 Å². The number of carbonyl (C=O) groups is 1. The molecule has 2 fully saturated rings. The molecule has 0 aliphatic heterocycles. The number of carbonyl (C=O) groups excluding carboxylic acids is 1. The molecule has 3 rings (SSSR count). The fourth-order valence-corrected chi connectivity index (χ4v) is 4.98. The number of aliphatic hydroxyl groups excluding tert-OH is 1. The summed E-state index contributed by atoms with van der Waals surface area (Å²) in [7, 11) is 0. The molecule has 134 valence electrons. The average Bonchev–Trinajstić information content (AvgIpc) is 3.26. The summed E-state index contributed by atoms with van der Waals surface area (Å²) < 4.78 is 0. The molecular weight excluding hydrogens is 322 g/mol. The van der Waals surface area contributed by atoms with Gasteiger partial charge in [0.15, 0.2) is 0 Å². The number of ketones is 1. The van der Waals surface area contributed by atoms with Crippen LogP contribution in [-0.4, -0.2) is 23.5 Å². The van der Waals surface area contributed by atoms with E-state index < -0.39 is 6.10 Å². The van der Waals surface area contributed by atoms with Crippen LogP contribution in [0.4, 0.5) is 0 Å². The quantitative estimate of drug-likeness (QED) is 0.703. The van der Waals surface area contributed by atoms with Crippen molar-refractivity contribution in [3.63, 3.8) is 0 Å². The lowest BCUT2D eigenvalue weighted by molar-refractivity contribution is -0.698. The second-order valence-corrected chi connectivity index (χ2v) is 8.01. The zero-order valence-corrected chi connectivity index (χ0v) is 15.8. The number of rotatable bonds is 6. The first kappa shape index (κ1) is 19.4. The average molecular weight is 352 g/mol. The van der Waals surface area contributed by atoms with E-state index in [-0.39, 0.29) is 35.7 Å². The molecule has 0 aromatic heterocycles. The van der Waals surface area contributed by atoms with Crippen molar-refractivity contribution >= 4 is 5.78 Å². The standard InChI is InChI=1S/C20H29NO2.ClH/c1-12(2)20-10-16(20)13(3)18(22)17(20)11-21-14(4)19(23)15-8-6-5-7-9-15;/h5-9,12-14,16-17,19,21,23H,10-11H2,1-4H3;1H. The van der Waals surface area contributed by atoms with Crippen LogP contribution in [0.3, 0.4) is 0 Å². The highest BCUT2D eigenvalue weighted by atomic mass is 35.5. The molecular formula is C20H30ClNO2. The van der Waals surface area contributed by atoms with Gasteiger partial charge in [0, 0.05) is 5.92 Å². The summed E-state index contributed by atoms with van der Waals surface area (Å²) in [6.07, 6.45) is 0.723. The van der Waals surface area contributed by atoms with Crippen LogP contribution in [0.5, 0.6) is 0 Å². The molecule has 2 aliphatic rings. The molecule has 0 heterocycles. The molecule has 0 saturated heterocycles. The van der Waals surface area contributed by atoms with Crippen molar-refractivity contribution in [3.05, 3.63) is 35.9 Å². The number of Topliss-reactive ketones (excluding diaryl/α,β-unsaturated/α-hetero) is 1. The van der Waals surface area contributed by atoms with Gasteiger partial charge in [-0.25, -0.2) is 0 Å². The van der Waals surface area contributed by atoms with Crippen molar-refractivity contribution in [3.8, 4) is 0 Å². The molecule has 0 amide bonds. The van der Waals surface area contributed by atoms with Crippen molar-refractivity contribution in [2.75, 3.05) is 6.54 Å². The molecule has 0 bridgehead atoms. The minimum Gasteiger partial charge on any atom is -1.00 e. The second-order valence-electron chi connectivity index (χ2n) is 8.01. The van der Waals surface area contributed by atoms with Crippen molar-refractivity contribution < 1.29 is 27.6 Å². The highest BCUT2D eigenvalue weighted by Gasteiger charge is 2.71. The van der Waals surface area contributed by atoms with Gasteiger partial charge >= 0.3 is 0 Å².